The van der Waals surface area contributed by atoms with Crippen LogP contribution in [0.4, 0.5) is 5.69 Å². The molecule has 1 aromatic carbocycles. The van der Waals surface area contributed by atoms with E-state index in [2.05, 4.69) is 5.32 Å². The van der Waals surface area contributed by atoms with Gasteiger partial charge in [0.2, 0.25) is 5.91 Å². The molecule has 80 valence electrons. The van der Waals surface area contributed by atoms with Gasteiger partial charge in [-0.15, -0.1) is 0 Å². The molecule has 1 aliphatic rings. The summed E-state index contributed by atoms with van der Waals surface area (Å²) in [6.07, 6.45) is 1.26. The molecule has 3 N–H and O–H groups in total. The number of fused-ring (bicyclic) bond motifs is 1. The SMILES string of the molecule is CC[C@H](N)c1cc2c(cc1Cl)NC(=O)C2. The Kier molecular flexibility index (Phi) is 2.67. The number of anilines is 1. The van der Waals surface area contributed by atoms with Gasteiger partial charge in [0.1, 0.15) is 0 Å². The van der Waals surface area contributed by atoms with Crippen molar-refractivity contribution in [3.8, 4) is 0 Å². The van der Waals surface area contributed by atoms with Crippen LogP contribution in [-0.2, 0) is 11.2 Å². The Morgan fingerprint density at radius 2 is 2.33 bits per heavy atom. The first-order chi connectivity index (χ1) is 7.11. The molecule has 0 fully saturated rings. The van der Waals surface area contributed by atoms with Gasteiger partial charge in [0.05, 0.1) is 6.42 Å². The van der Waals surface area contributed by atoms with Gasteiger partial charge in [0.25, 0.3) is 0 Å². The zero-order valence-electron chi connectivity index (χ0n) is 8.51. The summed E-state index contributed by atoms with van der Waals surface area (Å²) in [5.41, 5.74) is 8.67. The van der Waals surface area contributed by atoms with Crippen molar-refractivity contribution >= 4 is 23.2 Å². The molecule has 0 saturated heterocycles. The predicted octanol–water partition coefficient (Wildman–Crippen LogP) is 2.24. The molecule has 1 atom stereocenters. The van der Waals surface area contributed by atoms with E-state index in [1.165, 1.54) is 0 Å². The fourth-order valence-corrected chi connectivity index (χ4v) is 2.08. The highest BCUT2D eigenvalue weighted by Gasteiger charge is 2.20. The fraction of sp³-hybridized carbons (Fsp3) is 0.364. The zero-order chi connectivity index (χ0) is 11.0. The fourth-order valence-electron chi connectivity index (χ4n) is 1.77. The molecule has 1 heterocycles. The van der Waals surface area contributed by atoms with Gasteiger partial charge in [-0.1, -0.05) is 24.6 Å². The Bertz CT molecular complexity index is 417. The second-order valence-electron chi connectivity index (χ2n) is 3.77. The Labute approximate surface area is 93.6 Å². The van der Waals surface area contributed by atoms with Crippen LogP contribution >= 0.6 is 11.6 Å². The third kappa shape index (κ3) is 1.85. The van der Waals surface area contributed by atoms with E-state index in [0.717, 1.165) is 23.2 Å². The van der Waals surface area contributed by atoms with Crippen molar-refractivity contribution in [1.29, 1.82) is 0 Å². The Hall–Kier alpha value is -1.06. The summed E-state index contributed by atoms with van der Waals surface area (Å²) in [4.78, 5) is 11.2. The van der Waals surface area contributed by atoms with E-state index in [0.29, 0.717) is 11.4 Å². The smallest absolute Gasteiger partial charge is 0.228 e. The minimum atomic E-state index is -0.0569. The van der Waals surface area contributed by atoms with Crippen LogP contribution in [0.25, 0.3) is 0 Å². The van der Waals surface area contributed by atoms with Gasteiger partial charge in [-0.05, 0) is 23.6 Å². The number of benzene rings is 1. The van der Waals surface area contributed by atoms with Gasteiger partial charge < -0.3 is 11.1 Å². The van der Waals surface area contributed by atoms with Crippen LogP contribution in [0.3, 0.4) is 0 Å². The minimum absolute atomic E-state index is 0.0169. The van der Waals surface area contributed by atoms with Crippen molar-refractivity contribution in [1.82, 2.24) is 0 Å². The third-order valence-electron chi connectivity index (χ3n) is 2.69. The molecular weight excluding hydrogens is 212 g/mol. The van der Waals surface area contributed by atoms with E-state index in [-0.39, 0.29) is 11.9 Å². The Morgan fingerprint density at radius 3 is 3.00 bits per heavy atom. The van der Waals surface area contributed by atoms with E-state index in [9.17, 15) is 4.79 Å². The second-order valence-corrected chi connectivity index (χ2v) is 4.18. The number of carbonyl (C=O) groups is 1. The highest BCUT2D eigenvalue weighted by atomic mass is 35.5. The molecule has 2 rings (SSSR count). The van der Waals surface area contributed by atoms with E-state index in [1.807, 2.05) is 13.0 Å². The maximum atomic E-state index is 11.2. The van der Waals surface area contributed by atoms with Crippen molar-refractivity contribution in [2.24, 2.45) is 5.73 Å². The van der Waals surface area contributed by atoms with Crippen molar-refractivity contribution in [2.75, 3.05) is 5.32 Å². The molecule has 0 bridgehead atoms. The molecule has 1 aliphatic heterocycles. The summed E-state index contributed by atoms with van der Waals surface area (Å²) < 4.78 is 0. The maximum Gasteiger partial charge on any atom is 0.228 e. The molecule has 1 amide bonds. The maximum absolute atomic E-state index is 11.2. The monoisotopic (exact) mass is 224 g/mol. The van der Waals surface area contributed by atoms with Gasteiger partial charge in [0.15, 0.2) is 0 Å². The van der Waals surface area contributed by atoms with Crippen LogP contribution in [0.5, 0.6) is 0 Å². The summed E-state index contributed by atoms with van der Waals surface area (Å²) in [7, 11) is 0. The lowest BCUT2D eigenvalue weighted by molar-refractivity contribution is -0.115. The summed E-state index contributed by atoms with van der Waals surface area (Å²) in [6, 6.07) is 3.66. The Morgan fingerprint density at radius 1 is 1.60 bits per heavy atom. The number of hydrogen-bond acceptors (Lipinski definition) is 2. The molecule has 0 aromatic heterocycles. The van der Waals surface area contributed by atoms with Crippen LogP contribution in [-0.4, -0.2) is 5.91 Å². The lowest BCUT2D eigenvalue weighted by Gasteiger charge is -2.12. The van der Waals surface area contributed by atoms with Gasteiger partial charge in [-0.3, -0.25) is 4.79 Å². The van der Waals surface area contributed by atoms with Crippen LogP contribution in [0.15, 0.2) is 12.1 Å². The number of hydrogen-bond donors (Lipinski definition) is 2. The molecule has 4 heteroatoms. The lowest BCUT2D eigenvalue weighted by atomic mass is 10.0. The minimum Gasteiger partial charge on any atom is -0.325 e. The standard InChI is InChI=1S/C11H13ClN2O/c1-2-9(13)7-3-6-4-11(15)14-10(6)5-8(7)12/h3,5,9H,2,4,13H2,1H3,(H,14,15)/t9-/m0/s1. The molecule has 3 nitrogen and oxygen atoms in total. The first-order valence-electron chi connectivity index (χ1n) is 4.99. The second kappa shape index (κ2) is 3.83. The van der Waals surface area contributed by atoms with Crippen LogP contribution in [0.1, 0.15) is 30.5 Å². The first-order valence-corrected chi connectivity index (χ1v) is 5.37. The van der Waals surface area contributed by atoms with Crippen LogP contribution in [0, 0.1) is 0 Å². The van der Waals surface area contributed by atoms with Crippen molar-refractivity contribution in [3.05, 3.63) is 28.3 Å². The number of nitrogens with two attached hydrogens (primary N) is 1. The van der Waals surface area contributed by atoms with Crippen molar-refractivity contribution in [2.45, 2.75) is 25.8 Å². The molecule has 15 heavy (non-hydrogen) atoms. The molecule has 0 radical (unpaired) electrons. The third-order valence-corrected chi connectivity index (χ3v) is 3.01. The van der Waals surface area contributed by atoms with Crippen molar-refractivity contribution < 1.29 is 4.79 Å². The van der Waals surface area contributed by atoms with Crippen molar-refractivity contribution in [3.63, 3.8) is 0 Å². The largest absolute Gasteiger partial charge is 0.325 e. The number of nitrogens with one attached hydrogen (secondary N) is 1. The summed E-state index contributed by atoms with van der Waals surface area (Å²) in [6.45, 7) is 2.01. The molecule has 1 aromatic rings. The first kappa shape index (κ1) is 10.5. The molecule has 0 unspecified atom stereocenters. The van der Waals surface area contributed by atoms with E-state index in [1.54, 1.807) is 6.07 Å². The summed E-state index contributed by atoms with van der Waals surface area (Å²) in [5, 5.41) is 3.39. The highest BCUT2D eigenvalue weighted by Crippen LogP contribution is 2.32. The van der Waals surface area contributed by atoms with Gasteiger partial charge in [-0.2, -0.15) is 0 Å². The Balaban J connectivity index is 2.44. The molecule has 0 saturated carbocycles. The number of halogens is 1. The van der Waals surface area contributed by atoms with Gasteiger partial charge in [-0.25, -0.2) is 0 Å². The van der Waals surface area contributed by atoms with E-state index >= 15 is 0 Å². The molecular formula is C11H13ClN2O. The predicted molar refractivity (Wildman–Crippen MR) is 61.0 cm³/mol. The summed E-state index contributed by atoms with van der Waals surface area (Å²) >= 11 is 6.10. The molecule has 0 spiro atoms. The number of amides is 1. The lowest BCUT2D eigenvalue weighted by Crippen LogP contribution is -2.09. The topological polar surface area (TPSA) is 55.1 Å². The van der Waals surface area contributed by atoms with Crippen LogP contribution in [0.2, 0.25) is 5.02 Å². The van der Waals surface area contributed by atoms with E-state index < -0.39 is 0 Å². The van der Waals surface area contributed by atoms with Gasteiger partial charge >= 0.3 is 0 Å². The van der Waals surface area contributed by atoms with Gasteiger partial charge in [0, 0.05) is 16.8 Å². The van der Waals surface area contributed by atoms with E-state index in [4.69, 9.17) is 17.3 Å². The van der Waals surface area contributed by atoms with Crippen LogP contribution < -0.4 is 11.1 Å². The normalized spacial score (nSPS) is 16.1. The quantitative estimate of drug-likeness (QED) is 0.810. The molecule has 0 aliphatic carbocycles. The average molecular weight is 225 g/mol. The summed E-state index contributed by atoms with van der Waals surface area (Å²) in [5.74, 6) is 0.0169. The zero-order valence-corrected chi connectivity index (χ0v) is 9.27. The number of rotatable bonds is 2. The highest BCUT2D eigenvalue weighted by molar-refractivity contribution is 6.32. The number of carbonyl (C=O) groups excluding carboxylic acids is 1. The average Bonchev–Trinajstić information content (AvgIpc) is 2.55.